The third-order valence-corrected chi connectivity index (χ3v) is 4.42. The maximum absolute atomic E-state index is 5.34. The largest absolute Gasteiger partial charge is 0.383 e. The summed E-state index contributed by atoms with van der Waals surface area (Å²) in [6.07, 6.45) is 3.99. The first-order valence-corrected chi connectivity index (χ1v) is 8.05. The fourth-order valence-corrected chi connectivity index (χ4v) is 3.11. The molecule has 1 heterocycles. The Labute approximate surface area is 120 Å². The van der Waals surface area contributed by atoms with Crippen molar-refractivity contribution in [2.24, 2.45) is 11.8 Å². The van der Waals surface area contributed by atoms with Gasteiger partial charge in [-0.15, -0.1) is 0 Å². The average molecular weight is 270 g/mol. The summed E-state index contributed by atoms with van der Waals surface area (Å²) in [7, 11) is 1.80. The van der Waals surface area contributed by atoms with Gasteiger partial charge in [0, 0.05) is 25.7 Å². The normalized spacial score (nSPS) is 24.6. The first-order chi connectivity index (χ1) is 9.08. The highest BCUT2D eigenvalue weighted by Gasteiger charge is 2.26. The second kappa shape index (κ2) is 8.93. The van der Waals surface area contributed by atoms with Gasteiger partial charge in [-0.05, 0) is 51.1 Å². The number of rotatable bonds is 8. The van der Waals surface area contributed by atoms with Crippen molar-refractivity contribution in [3.05, 3.63) is 0 Å². The van der Waals surface area contributed by atoms with Gasteiger partial charge in [0.15, 0.2) is 0 Å². The zero-order chi connectivity index (χ0) is 14.3. The van der Waals surface area contributed by atoms with E-state index in [1.807, 2.05) is 0 Å². The Morgan fingerprint density at radius 1 is 1.32 bits per heavy atom. The predicted molar refractivity (Wildman–Crippen MR) is 82.6 cm³/mol. The summed E-state index contributed by atoms with van der Waals surface area (Å²) in [5.74, 6) is 1.41. The molecule has 3 nitrogen and oxygen atoms in total. The SMILES string of the molecule is CCCN1CCCC(C(C)NC(COC)C(C)C)C1. The van der Waals surface area contributed by atoms with E-state index in [-0.39, 0.29) is 0 Å². The van der Waals surface area contributed by atoms with E-state index in [1.165, 1.54) is 38.9 Å². The van der Waals surface area contributed by atoms with E-state index in [2.05, 4.69) is 37.9 Å². The minimum atomic E-state index is 0.474. The van der Waals surface area contributed by atoms with E-state index < -0.39 is 0 Å². The van der Waals surface area contributed by atoms with Crippen molar-refractivity contribution in [3.63, 3.8) is 0 Å². The molecule has 0 aromatic carbocycles. The van der Waals surface area contributed by atoms with E-state index in [1.54, 1.807) is 7.11 Å². The minimum absolute atomic E-state index is 0.474. The molecule has 1 saturated heterocycles. The zero-order valence-corrected chi connectivity index (χ0v) is 13.6. The summed E-state index contributed by atoms with van der Waals surface area (Å²) in [4.78, 5) is 2.63. The molecule has 1 N–H and O–H groups in total. The number of methoxy groups -OCH3 is 1. The van der Waals surface area contributed by atoms with Crippen LogP contribution in [0.1, 0.15) is 47.0 Å². The summed E-state index contributed by atoms with van der Waals surface area (Å²) in [6.45, 7) is 13.8. The van der Waals surface area contributed by atoms with E-state index in [0.29, 0.717) is 18.0 Å². The number of hydrogen-bond acceptors (Lipinski definition) is 3. The van der Waals surface area contributed by atoms with Gasteiger partial charge in [0.25, 0.3) is 0 Å². The fraction of sp³-hybridized carbons (Fsp3) is 1.00. The Kier molecular flexibility index (Phi) is 7.96. The van der Waals surface area contributed by atoms with Gasteiger partial charge in [-0.1, -0.05) is 20.8 Å². The summed E-state index contributed by atoms with van der Waals surface area (Å²) >= 11 is 0. The fourth-order valence-electron chi connectivity index (χ4n) is 3.11. The summed E-state index contributed by atoms with van der Waals surface area (Å²) in [6, 6.07) is 1.06. The van der Waals surface area contributed by atoms with Gasteiger partial charge in [-0.3, -0.25) is 0 Å². The number of likely N-dealkylation sites (tertiary alicyclic amines) is 1. The monoisotopic (exact) mass is 270 g/mol. The van der Waals surface area contributed by atoms with Gasteiger partial charge in [0.2, 0.25) is 0 Å². The van der Waals surface area contributed by atoms with Gasteiger partial charge >= 0.3 is 0 Å². The molecule has 3 heteroatoms. The third kappa shape index (κ3) is 5.80. The number of hydrogen-bond donors (Lipinski definition) is 1. The molecule has 1 aliphatic rings. The molecule has 0 aliphatic carbocycles. The predicted octanol–water partition coefficient (Wildman–Crippen LogP) is 2.76. The molecule has 3 unspecified atom stereocenters. The van der Waals surface area contributed by atoms with Crippen LogP contribution >= 0.6 is 0 Å². The second-order valence-corrected chi connectivity index (χ2v) is 6.46. The Hall–Kier alpha value is -0.120. The molecule has 0 amide bonds. The van der Waals surface area contributed by atoms with Gasteiger partial charge in [0.1, 0.15) is 0 Å². The zero-order valence-electron chi connectivity index (χ0n) is 13.6. The quantitative estimate of drug-likeness (QED) is 0.734. The van der Waals surface area contributed by atoms with Crippen LogP contribution in [0.3, 0.4) is 0 Å². The molecule has 0 aromatic heterocycles. The van der Waals surface area contributed by atoms with Gasteiger partial charge in [-0.25, -0.2) is 0 Å². The Balaban J connectivity index is 2.44. The first kappa shape index (κ1) is 16.9. The second-order valence-electron chi connectivity index (χ2n) is 6.46. The molecule has 114 valence electrons. The molecule has 1 fully saturated rings. The highest BCUT2D eigenvalue weighted by atomic mass is 16.5. The summed E-state index contributed by atoms with van der Waals surface area (Å²) in [5, 5.41) is 3.80. The molecule has 0 aromatic rings. The Morgan fingerprint density at radius 3 is 2.63 bits per heavy atom. The van der Waals surface area contributed by atoms with Gasteiger partial charge in [-0.2, -0.15) is 0 Å². The lowest BCUT2D eigenvalue weighted by Gasteiger charge is -2.38. The molecule has 0 spiro atoms. The number of nitrogens with zero attached hydrogens (tertiary/aromatic N) is 1. The lowest BCUT2D eigenvalue weighted by Crippen LogP contribution is -2.50. The van der Waals surface area contributed by atoms with Crippen molar-refractivity contribution in [1.82, 2.24) is 10.2 Å². The third-order valence-electron chi connectivity index (χ3n) is 4.42. The van der Waals surface area contributed by atoms with Crippen LogP contribution in [0.2, 0.25) is 0 Å². The standard InChI is InChI=1S/C16H34N2O/c1-6-9-18-10-7-8-15(11-18)14(4)17-16(12-19-5)13(2)3/h13-17H,6-12H2,1-5H3. The van der Waals surface area contributed by atoms with Crippen molar-refractivity contribution >= 4 is 0 Å². The van der Waals surface area contributed by atoms with Crippen LogP contribution in [-0.2, 0) is 4.74 Å². The maximum atomic E-state index is 5.34. The van der Waals surface area contributed by atoms with Crippen molar-refractivity contribution < 1.29 is 4.74 Å². The summed E-state index contributed by atoms with van der Waals surface area (Å²) < 4.78 is 5.34. The maximum Gasteiger partial charge on any atom is 0.0618 e. The van der Waals surface area contributed by atoms with Crippen molar-refractivity contribution in [2.75, 3.05) is 33.4 Å². The highest BCUT2D eigenvalue weighted by Crippen LogP contribution is 2.21. The molecule has 1 aliphatic heterocycles. The van der Waals surface area contributed by atoms with Crippen molar-refractivity contribution in [3.8, 4) is 0 Å². The number of piperidine rings is 1. The van der Waals surface area contributed by atoms with E-state index in [0.717, 1.165) is 12.5 Å². The van der Waals surface area contributed by atoms with Crippen LogP contribution in [0.5, 0.6) is 0 Å². The Morgan fingerprint density at radius 2 is 2.05 bits per heavy atom. The van der Waals surface area contributed by atoms with Crippen LogP contribution in [0.15, 0.2) is 0 Å². The molecule has 0 bridgehead atoms. The first-order valence-electron chi connectivity index (χ1n) is 8.05. The topological polar surface area (TPSA) is 24.5 Å². The van der Waals surface area contributed by atoms with Gasteiger partial charge < -0.3 is 15.0 Å². The average Bonchev–Trinajstić information content (AvgIpc) is 2.38. The molecule has 19 heavy (non-hydrogen) atoms. The Bertz CT molecular complexity index is 231. The lowest BCUT2D eigenvalue weighted by molar-refractivity contribution is 0.112. The molecular weight excluding hydrogens is 236 g/mol. The van der Waals surface area contributed by atoms with Crippen LogP contribution in [0.4, 0.5) is 0 Å². The minimum Gasteiger partial charge on any atom is -0.383 e. The van der Waals surface area contributed by atoms with Crippen LogP contribution in [-0.4, -0.2) is 50.3 Å². The molecule has 1 rings (SSSR count). The molecule has 3 atom stereocenters. The van der Waals surface area contributed by atoms with Crippen molar-refractivity contribution in [2.45, 2.75) is 59.0 Å². The van der Waals surface area contributed by atoms with E-state index in [9.17, 15) is 0 Å². The number of nitrogens with one attached hydrogen (secondary N) is 1. The van der Waals surface area contributed by atoms with E-state index in [4.69, 9.17) is 4.74 Å². The van der Waals surface area contributed by atoms with Crippen LogP contribution in [0, 0.1) is 11.8 Å². The highest BCUT2D eigenvalue weighted by molar-refractivity contribution is 4.83. The number of ether oxygens (including phenoxy) is 1. The lowest BCUT2D eigenvalue weighted by atomic mass is 9.90. The van der Waals surface area contributed by atoms with Crippen LogP contribution in [0.25, 0.3) is 0 Å². The molecule has 0 saturated carbocycles. The molecule has 0 radical (unpaired) electrons. The smallest absolute Gasteiger partial charge is 0.0618 e. The van der Waals surface area contributed by atoms with Gasteiger partial charge in [0.05, 0.1) is 6.61 Å². The molecular formula is C16H34N2O. The van der Waals surface area contributed by atoms with Crippen molar-refractivity contribution in [1.29, 1.82) is 0 Å². The van der Waals surface area contributed by atoms with Crippen LogP contribution < -0.4 is 5.32 Å². The summed E-state index contributed by atoms with van der Waals surface area (Å²) in [5.41, 5.74) is 0. The van der Waals surface area contributed by atoms with E-state index >= 15 is 0 Å².